The van der Waals surface area contributed by atoms with Gasteiger partial charge in [-0.05, 0) is 42.4 Å². The van der Waals surface area contributed by atoms with Crippen LogP contribution < -0.4 is 0 Å². The molecule has 1 aliphatic carbocycles. The minimum absolute atomic E-state index is 0.230. The van der Waals surface area contributed by atoms with E-state index in [-0.39, 0.29) is 5.38 Å². The number of halogens is 2. The minimum atomic E-state index is 0.230. The van der Waals surface area contributed by atoms with Gasteiger partial charge >= 0.3 is 0 Å². The molecule has 2 rings (SSSR count). The average molecular weight is 257 g/mol. The fourth-order valence-electron chi connectivity index (χ4n) is 2.27. The molecule has 0 saturated heterocycles. The zero-order valence-electron chi connectivity index (χ0n) is 9.79. The number of rotatable bonds is 4. The Bertz CT molecular complexity index is 338. The molecule has 16 heavy (non-hydrogen) atoms. The van der Waals surface area contributed by atoms with Gasteiger partial charge in [0.15, 0.2) is 0 Å². The van der Waals surface area contributed by atoms with Crippen LogP contribution in [0.4, 0.5) is 0 Å². The molecule has 1 fully saturated rings. The van der Waals surface area contributed by atoms with Crippen LogP contribution in [0.25, 0.3) is 0 Å². The first kappa shape index (κ1) is 12.3. The third-order valence-corrected chi connectivity index (χ3v) is 4.39. The van der Waals surface area contributed by atoms with Crippen molar-refractivity contribution in [2.75, 3.05) is 0 Å². The van der Waals surface area contributed by atoms with E-state index in [1.54, 1.807) is 0 Å². The van der Waals surface area contributed by atoms with Gasteiger partial charge < -0.3 is 0 Å². The molecule has 0 radical (unpaired) electrons. The fraction of sp³-hybridized carbons (Fsp3) is 0.571. The predicted octanol–water partition coefficient (Wildman–Crippen LogP) is 5.10. The lowest BCUT2D eigenvalue weighted by Gasteiger charge is -2.25. The van der Waals surface area contributed by atoms with E-state index in [9.17, 15) is 0 Å². The van der Waals surface area contributed by atoms with E-state index in [1.807, 2.05) is 12.1 Å². The van der Waals surface area contributed by atoms with Gasteiger partial charge in [0.2, 0.25) is 0 Å². The first-order valence-electron chi connectivity index (χ1n) is 5.99. The fourth-order valence-corrected chi connectivity index (χ4v) is 2.75. The van der Waals surface area contributed by atoms with E-state index >= 15 is 0 Å². The molecule has 0 N–H and O–H groups in total. The van der Waals surface area contributed by atoms with Gasteiger partial charge in [0.25, 0.3) is 0 Å². The molecule has 2 heteroatoms. The molecule has 2 unspecified atom stereocenters. The monoisotopic (exact) mass is 256 g/mol. The van der Waals surface area contributed by atoms with Crippen molar-refractivity contribution >= 4 is 23.2 Å². The molecule has 0 spiro atoms. The van der Waals surface area contributed by atoms with Crippen molar-refractivity contribution in [1.29, 1.82) is 0 Å². The highest BCUT2D eigenvalue weighted by Gasteiger charge is 2.37. The van der Waals surface area contributed by atoms with E-state index in [1.165, 1.54) is 18.4 Å². The van der Waals surface area contributed by atoms with Crippen LogP contribution in [0, 0.1) is 11.8 Å². The van der Waals surface area contributed by atoms with Gasteiger partial charge in [-0.1, -0.05) is 37.6 Å². The molecular weight excluding hydrogens is 239 g/mol. The maximum atomic E-state index is 6.56. The third kappa shape index (κ3) is 2.73. The van der Waals surface area contributed by atoms with E-state index in [4.69, 9.17) is 23.2 Å². The zero-order chi connectivity index (χ0) is 11.7. The van der Waals surface area contributed by atoms with Crippen molar-refractivity contribution in [2.24, 2.45) is 11.8 Å². The van der Waals surface area contributed by atoms with Crippen LogP contribution >= 0.6 is 23.2 Å². The molecule has 0 bridgehead atoms. The molecule has 0 aliphatic heterocycles. The highest BCUT2D eigenvalue weighted by molar-refractivity contribution is 6.30. The SMILES string of the molecule is CC(C)C(Cl)C(c1ccc(Cl)cc1)C1CC1. The predicted molar refractivity (Wildman–Crippen MR) is 71.4 cm³/mol. The van der Waals surface area contributed by atoms with Crippen LogP contribution in [0.3, 0.4) is 0 Å². The van der Waals surface area contributed by atoms with Gasteiger partial charge in [0.1, 0.15) is 0 Å². The molecular formula is C14H18Cl2. The lowest BCUT2D eigenvalue weighted by atomic mass is 9.86. The van der Waals surface area contributed by atoms with Crippen LogP contribution in [0.15, 0.2) is 24.3 Å². The average Bonchev–Trinajstić information content (AvgIpc) is 3.05. The summed E-state index contributed by atoms with van der Waals surface area (Å²) < 4.78 is 0. The van der Waals surface area contributed by atoms with E-state index in [2.05, 4.69) is 26.0 Å². The molecule has 1 saturated carbocycles. The van der Waals surface area contributed by atoms with Crippen LogP contribution in [0.5, 0.6) is 0 Å². The highest BCUT2D eigenvalue weighted by atomic mass is 35.5. The molecule has 1 aromatic rings. The van der Waals surface area contributed by atoms with Crippen molar-refractivity contribution in [3.8, 4) is 0 Å². The Labute approximate surface area is 108 Å². The smallest absolute Gasteiger partial charge is 0.0430 e. The Balaban J connectivity index is 2.22. The Morgan fingerprint density at radius 2 is 1.69 bits per heavy atom. The minimum Gasteiger partial charge on any atom is -0.122 e. The van der Waals surface area contributed by atoms with Crippen molar-refractivity contribution in [2.45, 2.75) is 38.0 Å². The Morgan fingerprint density at radius 3 is 2.12 bits per heavy atom. The van der Waals surface area contributed by atoms with Gasteiger partial charge in [0.05, 0.1) is 0 Å². The molecule has 1 aromatic carbocycles. The standard InChI is InChI=1S/C14H18Cl2/c1-9(2)14(16)13(10-3-4-10)11-5-7-12(15)8-6-11/h5-10,13-14H,3-4H2,1-2H3. The molecule has 1 aliphatic rings. The lowest BCUT2D eigenvalue weighted by molar-refractivity contribution is 0.471. The second-order valence-corrected chi connectivity index (χ2v) is 6.04. The number of benzene rings is 1. The highest BCUT2D eigenvalue weighted by Crippen LogP contribution is 2.47. The van der Waals surface area contributed by atoms with E-state index in [0.717, 1.165) is 10.9 Å². The topological polar surface area (TPSA) is 0 Å². The van der Waals surface area contributed by atoms with Crippen LogP contribution in [0.2, 0.25) is 5.02 Å². The summed E-state index contributed by atoms with van der Waals surface area (Å²) in [7, 11) is 0. The molecule has 0 nitrogen and oxygen atoms in total. The number of alkyl halides is 1. The maximum Gasteiger partial charge on any atom is 0.0430 e. The summed E-state index contributed by atoms with van der Waals surface area (Å²) in [6.45, 7) is 4.39. The third-order valence-electron chi connectivity index (χ3n) is 3.36. The summed E-state index contributed by atoms with van der Waals surface area (Å²) in [5.74, 6) is 1.80. The number of hydrogen-bond donors (Lipinski definition) is 0. The van der Waals surface area contributed by atoms with E-state index < -0.39 is 0 Å². The number of hydrogen-bond acceptors (Lipinski definition) is 0. The summed E-state index contributed by atoms with van der Waals surface area (Å²) in [4.78, 5) is 0. The van der Waals surface area contributed by atoms with Crippen LogP contribution in [0.1, 0.15) is 38.2 Å². The molecule has 0 amide bonds. The molecule has 2 atom stereocenters. The zero-order valence-corrected chi connectivity index (χ0v) is 11.3. The summed E-state index contributed by atoms with van der Waals surface area (Å²) in [5, 5.41) is 1.03. The summed E-state index contributed by atoms with van der Waals surface area (Å²) in [6.07, 6.45) is 2.65. The Morgan fingerprint density at radius 1 is 1.12 bits per heavy atom. The van der Waals surface area contributed by atoms with Crippen molar-refractivity contribution in [3.05, 3.63) is 34.9 Å². The summed E-state index contributed by atoms with van der Waals surface area (Å²) in [6, 6.07) is 8.19. The second-order valence-electron chi connectivity index (χ2n) is 5.10. The van der Waals surface area contributed by atoms with Gasteiger partial charge in [-0.15, -0.1) is 11.6 Å². The van der Waals surface area contributed by atoms with Crippen molar-refractivity contribution in [3.63, 3.8) is 0 Å². The van der Waals surface area contributed by atoms with Gasteiger partial charge in [-0.25, -0.2) is 0 Å². The maximum absolute atomic E-state index is 6.56. The largest absolute Gasteiger partial charge is 0.122 e. The Hall–Kier alpha value is -0.200. The van der Waals surface area contributed by atoms with Crippen LogP contribution in [-0.2, 0) is 0 Å². The van der Waals surface area contributed by atoms with Gasteiger partial charge in [-0.3, -0.25) is 0 Å². The second kappa shape index (κ2) is 4.98. The quantitative estimate of drug-likeness (QED) is 0.658. The summed E-state index contributed by atoms with van der Waals surface area (Å²) >= 11 is 12.5. The van der Waals surface area contributed by atoms with Crippen molar-refractivity contribution in [1.82, 2.24) is 0 Å². The van der Waals surface area contributed by atoms with Gasteiger partial charge in [-0.2, -0.15) is 0 Å². The first-order chi connectivity index (χ1) is 7.59. The molecule has 88 valence electrons. The van der Waals surface area contributed by atoms with Gasteiger partial charge in [0, 0.05) is 16.3 Å². The Kier molecular flexibility index (Phi) is 3.81. The first-order valence-corrected chi connectivity index (χ1v) is 6.80. The molecule has 0 heterocycles. The normalized spacial score (nSPS) is 19.8. The van der Waals surface area contributed by atoms with Crippen molar-refractivity contribution < 1.29 is 0 Å². The molecule has 0 aromatic heterocycles. The van der Waals surface area contributed by atoms with Crippen LogP contribution in [-0.4, -0.2) is 5.38 Å². The van der Waals surface area contributed by atoms with E-state index in [0.29, 0.717) is 11.8 Å². The lowest BCUT2D eigenvalue weighted by Crippen LogP contribution is -2.20. The summed E-state index contributed by atoms with van der Waals surface area (Å²) in [5.41, 5.74) is 1.35.